The average Bonchev–Trinajstić information content (AvgIpc) is 2.83. The van der Waals surface area contributed by atoms with Crippen molar-refractivity contribution in [1.29, 1.82) is 0 Å². The van der Waals surface area contributed by atoms with Gasteiger partial charge in [0, 0.05) is 6.54 Å². The summed E-state index contributed by atoms with van der Waals surface area (Å²) in [5, 5.41) is 10.5. The molecule has 2 rings (SSSR count). The Hall–Kier alpha value is -2.48. The molecular formula is C17H18NO6S-. The molecule has 1 aliphatic rings. The van der Waals surface area contributed by atoms with E-state index >= 15 is 0 Å². The molecule has 0 saturated carbocycles. The molecule has 0 aliphatic carbocycles. The van der Waals surface area contributed by atoms with Crippen LogP contribution >= 0.6 is 11.8 Å². The van der Waals surface area contributed by atoms with E-state index < -0.39 is 12.1 Å². The number of imide groups is 1. The number of ether oxygens (including phenoxy) is 2. The molecule has 1 atom stereocenters. The number of hydrogen-bond acceptors (Lipinski definition) is 7. The van der Waals surface area contributed by atoms with Gasteiger partial charge >= 0.3 is 0 Å². The smallest absolute Gasteiger partial charge is 0.293 e. The molecule has 0 bridgehead atoms. The lowest BCUT2D eigenvalue weighted by Crippen LogP contribution is -2.37. The molecule has 0 spiro atoms. The number of carbonyl (C=O) groups is 3. The predicted octanol–water partition coefficient (Wildman–Crippen LogP) is 1.66. The second-order valence-electron chi connectivity index (χ2n) is 5.32. The standard InChI is InChI=1S/C17H19NO6S/c1-4-7-18-15(19)14(25-17(18)22)9-11-5-6-12(13(8-11)23-3)24-10(2)16(20)21/h5-6,8-10H,4,7H2,1-3H3,(H,20,21)/p-1/b14-9+/t10-/m1/s1. The minimum absolute atomic E-state index is 0.246. The number of carboxylic acids is 1. The van der Waals surface area contributed by atoms with Crippen molar-refractivity contribution in [3.05, 3.63) is 28.7 Å². The van der Waals surface area contributed by atoms with Crippen molar-refractivity contribution in [1.82, 2.24) is 4.90 Å². The van der Waals surface area contributed by atoms with Crippen molar-refractivity contribution in [2.75, 3.05) is 13.7 Å². The second kappa shape index (κ2) is 8.06. The van der Waals surface area contributed by atoms with Crippen molar-refractivity contribution in [2.24, 2.45) is 0 Å². The molecule has 0 unspecified atom stereocenters. The number of benzene rings is 1. The van der Waals surface area contributed by atoms with Gasteiger partial charge in [0.2, 0.25) is 0 Å². The van der Waals surface area contributed by atoms with Gasteiger partial charge in [0.1, 0.15) is 6.10 Å². The van der Waals surface area contributed by atoms with Crippen LogP contribution in [0.3, 0.4) is 0 Å². The molecule has 25 heavy (non-hydrogen) atoms. The van der Waals surface area contributed by atoms with Crippen LogP contribution in [0.15, 0.2) is 23.1 Å². The summed E-state index contributed by atoms with van der Waals surface area (Å²) in [5.41, 5.74) is 0.632. The van der Waals surface area contributed by atoms with Crippen molar-refractivity contribution in [2.45, 2.75) is 26.4 Å². The maximum absolute atomic E-state index is 12.2. The zero-order valence-electron chi connectivity index (χ0n) is 14.1. The van der Waals surface area contributed by atoms with E-state index in [4.69, 9.17) is 9.47 Å². The summed E-state index contributed by atoms with van der Waals surface area (Å²) in [5.74, 6) is -1.09. The Balaban J connectivity index is 2.25. The van der Waals surface area contributed by atoms with Crippen LogP contribution in [0.5, 0.6) is 11.5 Å². The number of amides is 2. The number of rotatable bonds is 7. The van der Waals surface area contributed by atoms with Crippen LogP contribution in [0, 0.1) is 0 Å². The first-order valence-electron chi connectivity index (χ1n) is 7.68. The SMILES string of the molecule is CCCN1C(=O)S/C(=C/c2ccc(O[C@H](C)C(=O)[O-])c(OC)c2)C1=O. The van der Waals surface area contributed by atoms with Crippen LogP contribution < -0.4 is 14.6 Å². The zero-order chi connectivity index (χ0) is 18.6. The molecule has 0 radical (unpaired) electrons. The summed E-state index contributed by atoms with van der Waals surface area (Å²) < 4.78 is 10.5. The quantitative estimate of drug-likeness (QED) is 0.679. The van der Waals surface area contributed by atoms with Gasteiger partial charge in [-0.2, -0.15) is 0 Å². The number of methoxy groups -OCH3 is 1. The molecule has 1 aromatic rings. The average molecular weight is 364 g/mol. The van der Waals surface area contributed by atoms with Crippen LogP contribution in [0.1, 0.15) is 25.8 Å². The Morgan fingerprint density at radius 3 is 2.68 bits per heavy atom. The van der Waals surface area contributed by atoms with Crippen LogP contribution in [0.25, 0.3) is 6.08 Å². The number of carboxylic acid groups (broad SMARTS) is 1. The Kier molecular flexibility index (Phi) is 6.08. The van der Waals surface area contributed by atoms with Crippen LogP contribution in [-0.4, -0.2) is 41.8 Å². The molecule has 7 nitrogen and oxygen atoms in total. The minimum atomic E-state index is -1.34. The Morgan fingerprint density at radius 1 is 1.36 bits per heavy atom. The third-order valence-corrected chi connectivity index (χ3v) is 4.35. The van der Waals surface area contributed by atoms with E-state index in [1.807, 2.05) is 6.92 Å². The summed E-state index contributed by atoms with van der Waals surface area (Å²) in [6.45, 7) is 3.63. The van der Waals surface area contributed by atoms with E-state index in [-0.39, 0.29) is 16.9 Å². The molecule has 8 heteroatoms. The molecular weight excluding hydrogens is 346 g/mol. The minimum Gasteiger partial charge on any atom is -0.546 e. The van der Waals surface area contributed by atoms with Crippen molar-refractivity contribution >= 4 is 35.0 Å². The van der Waals surface area contributed by atoms with Gasteiger partial charge in [0.05, 0.1) is 18.0 Å². The normalized spacial score (nSPS) is 17.1. The third kappa shape index (κ3) is 4.33. The topological polar surface area (TPSA) is 96.0 Å². The van der Waals surface area contributed by atoms with E-state index in [0.29, 0.717) is 29.2 Å². The first kappa shape index (κ1) is 18.9. The maximum atomic E-state index is 12.2. The van der Waals surface area contributed by atoms with Crippen LogP contribution in [0.2, 0.25) is 0 Å². The summed E-state index contributed by atoms with van der Waals surface area (Å²) in [7, 11) is 1.42. The van der Waals surface area contributed by atoms with Gasteiger partial charge in [-0.3, -0.25) is 14.5 Å². The molecule has 1 saturated heterocycles. The number of nitrogens with zero attached hydrogens (tertiary/aromatic N) is 1. The van der Waals surface area contributed by atoms with Crippen LogP contribution in [0.4, 0.5) is 4.79 Å². The fourth-order valence-electron chi connectivity index (χ4n) is 2.18. The first-order chi connectivity index (χ1) is 11.9. The highest BCUT2D eigenvalue weighted by Crippen LogP contribution is 2.34. The molecule has 1 aromatic carbocycles. The Bertz CT molecular complexity index is 730. The molecule has 1 fully saturated rings. The highest BCUT2D eigenvalue weighted by Gasteiger charge is 2.34. The monoisotopic (exact) mass is 364 g/mol. The van der Waals surface area contributed by atoms with E-state index in [9.17, 15) is 19.5 Å². The zero-order valence-corrected chi connectivity index (χ0v) is 14.9. The molecule has 0 aromatic heterocycles. The maximum Gasteiger partial charge on any atom is 0.293 e. The van der Waals surface area contributed by atoms with E-state index in [1.165, 1.54) is 18.9 Å². The fraction of sp³-hybridized carbons (Fsp3) is 0.353. The van der Waals surface area contributed by atoms with Crippen molar-refractivity contribution in [3.8, 4) is 11.5 Å². The first-order valence-corrected chi connectivity index (χ1v) is 8.50. The summed E-state index contributed by atoms with van der Waals surface area (Å²) in [4.78, 5) is 36.4. The van der Waals surface area contributed by atoms with Gasteiger partial charge in [-0.25, -0.2) is 0 Å². The lowest BCUT2D eigenvalue weighted by Gasteiger charge is -2.17. The summed E-state index contributed by atoms with van der Waals surface area (Å²) in [6.07, 6.45) is 1.15. The van der Waals surface area contributed by atoms with Gasteiger partial charge < -0.3 is 19.4 Å². The second-order valence-corrected chi connectivity index (χ2v) is 6.32. The van der Waals surface area contributed by atoms with Gasteiger partial charge in [0.25, 0.3) is 11.1 Å². The number of thioether (sulfide) groups is 1. The number of hydrogen-bond donors (Lipinski definition) is 0. The molecule has 2 amide bonds. The van der Waals surface area contributed by atoms with Gasteiger partial charge in [-0.1, -0.05) is 13.0 Å². The van der Waals surface area contributed by atoms with E-state index in [2.05, 4.69) is 0 Å². The summed E-state index contributed by atoms with van der Waals surface area (Å²) in [6, 6.07) is 4.79. The highest BCUT2D eigenvalue weighted by molar-refractivity contribution is 8.18. The number of aliphatic carboxylic acids is 1. The highest BCUT2D eigenvalue weighted by atomic mass is 32.2. The lowest BCUT2D eigenvalue weighted by molar-refractivity contribution is -0.312. The Labute approximate surface area is 149 Å². The Morgan fingerprint density at radius 2 is 2.08 bits per heavy atom. The van der Waals surface area contributed by atoms with Crippen LogP contribution in [-0.2, 0) is 9.59 Å². The molecule has 1 aliphatic heterocycles. The van der Waals surface area contributed by atoms with Gasteiger partial charge in [0.15, 0.2) is 11.5 Å². The van der Waals surface area contributed by atoms with E-state index in [1.54, 1.807) is 24.3 Å². The van der Waals surface area contributed by atoms with Gasteiger partial charge in [-0.15, -0.1) is 0 Å². The molecule has 134 valence electrons. The number of carbonyl (C=O) groups excluding carboxylic acids is 3. The lowest BCUT2D eigenvalue weighted by atomic mass is 10.1. The van der Waals surface area contributed by atoms with Crippen molar-refractivity contribution in [3.63, 3.8) is 0 Å². The molecule has 1 heterocycles. The van der Waals surface area contributed by atoms with E-state index in [0.717, 1.165) is 11.8 Å². The summed E-state index contributed by atoms with van der Waals surface area (Å²) >= 11 is 0.889. The van der Waals surface area contributed by atoms with Gasteiger partial charge in [-0.05, 0) is 48.9 Å². The largest absolute Gasteiger partial charge is 0.546 e. The molecule has 0 N–H and O–H groups in total. The predicted molar refractivity (Wildman–Crippen MR) is 91.1 cm³/mol. The van der Waals surface area contributed by atoms with Crippen molar-refractivity contribution < 1.29 is 29.0 Å². The fourth-order valence-corrected chi connectivity index (χ4v) is 3.04. The third-order valence-electron chi connectivity index (χ3n) is 3.44.